The normalized spacial score (nSPS) is 10.2. The van der Waals surface area contributed by atoms with Gasteiger partial charge in [-0.25, -0.2) is 0 Å². The maximum Gasteiger partial charge on any atom is 0.252 e. The van der Waals surface area contributed by atoms with E-state index in [1.165, 1.54) is 0 Å². The summed E-state index contributed by atoms with van der Waals surface area (Å²) in [5.41, 5.74) is 8.25. The molecule has 0 saturated carbocycles. The average Bonchev–Trinajstić information content (AvgIpc) is 2.46. The van der Waals surface area contributed by atoms with Gasteiger partial charge in [-0.15, -0.1) is 10.2 Å². The Morgan fingerprint density at radius 1 is 1.42 bits per heavy atom. The van der Waals surface area contributed by atoms with Gasteiger partial charge in [0, 0.05) is 25.0 Å². The van der Waals surface area contributed by atoms with Crippen molar-refractivity contribution in [2.75, 3.05) is 12.4 Å². The number of hydrogen-bond acceptors (Lipinski definition) is 5. The smallest absolute Gasteiger partial charge is 0.252 e. The van der Waals surface area contributed by atoms with Crippen molar-refractivity contribution in [2.45, 2.75) is 13.3 Å². The summed E-state index contributed by atoms with van der Waals surface area (Å²) in [5.74, 6) is -0.157. The Morgan fingerprint density at radius 3 is 2.84 bits per heavy atom. The summed E-state index contributed by atoms with van der Waals surface area (Å²) < 4.78 is 0. The monoisotopic (exact) mass is 257 g/mol. The molecule has 0 radical (unpaired) electrons. The number of nitrogens with zero attached hydrogens (tertiary/aromatic N) is 3. The first kappa shape index (κ1) is 12.9. The molecule has 98 valence electrons. The number of nitrogens with one attached hydrogen (secondary N) is 1. The van der Waals surface area contributed by atoms with Crippen LogP contribution in [0.25, 0.3) is 11.3 Å². The Morgan fingerprint density at radius 2 is 2.21 bits per heavy atom. The van der Waals surface area contributed by atoms with Gasteiger partial charge in [0.15, 0.2) is 5.82 Å². The van der Waals surface area contributed by atoms with Crippen LogP contribution in [0, 0.1) is 0 Å². The molecule has 0 spiro atoms. The summed E-state index contributed by atoms with van der Waals surface area (Å²) in [4.78, 5) is 15.5. The fourth-order valence-electron chi connectivity index (χ4n) is 1.85. The summed E-state index contributed by atoms with van der Waals surface area (Å²) in [5, 5.41) is 10.9. The van der Waals surface area contributed by atoms with Gasteiger partial charge in [0.2, 0.25) is 0 Å². The Hall–Kier alpha value is -2.50. The van der Waals surface area contributed by atoms with E-state index in [0.29, 0.717) is 17.1 Å². The van der Waals surface area contributed by atoms with Gasteiger partial charge in [-0.1, -0.05) is 6.92 Å². The number of pyridine rings is 1. The minimum Gasteiger partial charge on any atom is -0.371 e. The lowest BCUT2D eigenvalue weighted by atomic mass is 10.0. The second-order valence-corrected chi connectivity index (χ2v) is 3.99. The van der Waals surface area contributed by atoms with Crippen molar-refractivity contribution < 1.29 is 4.79 Å². The molecule has 0 aliphatic heterocycles. The van der Waals surface area contributed by atoms with Crippen LogP contribution in [0.5, 0.6) is 0 Å². The number of anilines is 1. The fraction of sp³-hybridized carbons (Fsp3) is 0.231. The van der Waals surface area contributed by atoms with E-state index in [4.69, 9.17) is 5.73 Å². The first-order valence-electron chi connectivity index (χ1n) is 5.96. The number of rotatable bonds is 4. The highest BCUT2D eigenvalue weighted by Gasteiger charge is 2.13. The molecule has 0 bridgehead atoms. The number of nitrogens with two attached hydrogens (primary N) is 1. The predicted octanol–water partition coefficient (Wildman–Crippen LogP) is 1.24. The van der Waals surface area contributed by atoms with E-state index < -0.39 is 5.91 Å². The van der Waals surface area contributed by atoms with Gasteiger partial charge >= 0.3 is 0 Å². The lowest BCUT2D eigenvalue weighted by Crippen LogP contribution is -2.15. The van der Waals surface area contributed by atoms with Gasteiger partial charge < -0.3 is 11.1 Å². The zero-order chi connectivity index (χ0) is 13.8. The third-order valence-corrected chi connectivity index (χ3v) is 2.86. The second kappa shape index (κ2) is 5.43. The Balaban J connectivity index is 2.57. The second-order valence-electron chi connectivity index (χ2n) is 3.99. The fourth-order valence-corrected chi connectivity index (χ4v) is 1.85. The molecule has 19 heavy (non-hydrogen) atoms. The van der Waals surface area contributed by atoms with E-state index in [0.717, 1.165) is 17.5 Å². The molecule has 0 aliphatic carbocycles. The van der Waals surface area contributed by atoms with Crippen LogP contribution in [0.2, 0.25) is 0 Å². The summed E-state index contributed by atoms with van der Waals surface area (Å²) in [6.45, 7) is 2.03. The molecule has 3 N–H and O–H groups in total. The molecule has 0 unspecified atom stereocenters. The summed E-state index contributed by atoms with van der Waals surface area (Å²) >= 11 is 0. The van der Waals surface area contributed by atoms with Gasteiger partial charge in [0.25, 0.3) is 5.91 Å². The van der Waals surface area contributed by atoms with Crippen molar-refractivity contribution in [3.63, 3.8) is 0 Å². The topological polar surface area (TPSA) is 93.8 Å². The molecule has 0 saturated heterocycles. The van der Waals surface area contributed by atoms with Gasteiger partial charge in [-0.3, -0.25) is 9.78 Å². The quantitative estimate of drug-likeness (QED) is 0.859. The Kier molecular flexibility index (Phi) is 3.70. The van der Waals surface area contributed by atoms with Crippen molar-refractivity contribution in [1.29, 1.82) is 0 Å². The maximum atomic E-state index is 11.4. The van der Waals surface area contributed by atoms with Gasteiger partial charge in [-0.05, 0) is 24.1 Å². The van der Waals surface area contributed by atoms with E-state index in [9.17, 15) is 4.79 Å². The van der Waals surface area contributed by atoms with Crippen molar-refractivity contribution in [3.05, 3.63) is 35.7 Å². The molecular formula is C13H15N5O. The minimum absolute atomic E-state index is 0.325. The molecular weight excluding hydrogens is 242 g/mol. The van der Waals surface area contributed by atoms with Gasteiger partial charge in [0.05, 0.1) is 11.3 Å². The van der Waals surface area contributed by atoms with Crippen LogP contribution in [0.3, 0.4) is 0 Å². The first-order chi connectivity index (χ1) is 9.17. The van der Waals surface area contributed by atoms with Crippen LogP contribution in [0.15, 0.2) is 24.5 Å². The van der Waals surface area contributed by atoms with Crippen molar-refractivity contribution in [3.8, 4) is 11.3 Å². The first-order valence-corrected chi connectivity index (χ1v) is 5.96. The third-order valence-electron chi connectivity index (χ3n) is 2.86. The molecule has 2 aromatic rings. The average molecular weight is 257 g/mol. The van der Waals surface area contributed by atoms with Crippen molar-refractivity contribution in [2.24, 2.45) is 5.73 Å². The lowest BCUT2D eigenvalue weighted by Gasteiger charge is -2.09. The lowest BCUT2D eigenvalue weighted by molar-refractivity contribution is 0.100. The molecule has 0 fully saturated rings. The number of primary amides is 1. The van der Waals surface area contributed by atoms with Crippen LogP contribution in [-0.2, 0) is 6.42 Å². The molecule has 1 amide bonds. The molecule has 6 heteroatoms. The van der Waals surface area contributed by atoms with Gasteiger partial charge in [0.1, 0.15) is 0 Å². The van der Waals surface area contributed by atoms with E-state index in [2.05, 4.69) is 20.5 Å². The van der Waals surface area contributed by atoms with E-state index in [1.54, 1.807) is 25.5 Å². The highest BCUT2D eigenvalue weighted by molar-refractivity contribution is 5.98. The zero-order valence-corrected chi connectivity index (χ0v) is 10.8. The molecule has 2 aromatic heterocycles. The van der Waals surface area contributed by atoms with Crippen LogP contribution in [0.1, 0.15) is 22.8 Å². The highest BCUT2D eigenvalue weighted by atomic mass is 16.1. The molecule has 0 aliphatic rings. The predicted molar refractivity (Wildman–Crippen MR) is 72.7 cm³/mol. The zero-order valence-electron chi connectivity index (χ0n) is 10.8. The van der Waals surface area contributed by atoms with Crippen LogP contribution in [0.4, 0.5) is 5.82 Å². The molecule has 2 rings (SSSR count). The standard InChI is InChI=1S/C13H15N5O/c1-3-8-7-16-5-4-9(8)11-6-10(12(14)19)13(15-2)18-17-11/h4-7H,3H2,1-2H3,(H2,14,19)(H,15,18). The van der Waals surface area contributed by atoms with Crippen LogP contribution in [-0.4, -0.2) is 28.1 Å². The summed E-state index contributed by atoms with van der Waals surface area (Å²) in [7, 11) is 1.67. The molecule has 0 atom stereocenters. The molecule has 6 nitrogen and oxygen atoms in total. The number of amides is 1. The highest BCUT2D eigenvalue weighted by Crippen LogP contribution is 2.23. The van der Waals surface area contributed by atoms with Crippen molar-refractivity contribution in [1.82, 2.24) is 15.2 Å². The van der Waals surface area contributed by atoms with E-state index in [-0.39, 0.29) is 0 Å². The van der Waals surface area contributed by atoms with Crippen LogP contribution >= 0.6 is 0 Å². The number of hydrogen-bond donors (Lipinski definition) is 2. The van der Waals surface area contributed by atoms with Crippen LogP contribution < -0.4 is 11.1 Å². The third kappa shape index (κ3) is 2.52. The number of aryl methyl sites for hydroxylation is 1. The van der Waals surface area contributed by atoms with E-state index >= 15 is 0 Å². The molecule has 2 heterocycles. The largest absolute Gasteiger partial charge is 0.371 e. The number of carbonyl (C=O) groups excluding carboxylic acids is 1. The Labute approximate surface area is 111 Å². The summed E-state index contributed by atoms with van der Waals surface area (Å²) in [6.07, 6.45) is 4.30. The summed E-state index contributed by atoms with van der Waals surface area (Å²) in [6, 6.07) is 3.50. The SMILES string of the molecule is CCc1cnccc1-c1cc(C(N)=O)c(NC)nn1. The van der Waals surface area contributed by atoms with E-state index in [1.807, 2.05) is 13.0 Å². The van der Waals surface area contributed by atoms with Gasteiger partial charge in [-0.2, -0.15) is 0 Å². The maximum absolute atomic E-state index is 11.4. The number of aromatic nitrogens is 3. The number of carbonyl (C=O) groups is 1. The Bertz CT molecular complexity index is 612. The molecule has 0 aromatic carbocycles. The minimum atomic E-state index is -0.535. The van der Waals surface area contributed by atoms with Crippen molar-refractivity contribution >= 4 is 11.7 Å².